The molecule has 0 amide bonds. The number of rotatable bonds is 4. The fourth-order valence-electron chi connectivity index (χ4n) is 1.48. The lowest BCUT2D eigenvalue weighted by molar-refractivity contribution is -0.117. The number of Topliss-reactive ketones (excluding diaryl/α,β-unsaturated/α-hetero) is 1. The topological polar surface area (TPSA) is 56.0 Å². The van der Waals surface area contributed by atoms with Crippen LogP contribution in [0.15, 0.2) is 35.8 Å². The van der Waals surface area contributed by atoms with Gasteiger partial charge in [-0.2, -0.15) is 0 Å². The number of carbonyl (C=O) groups is 1. The van der Waals surface area contributed by atoms with E-state index in [1.54, 1.807) is 23.6 Å². The third-order valence-corrected chi connectivity index (χ3v) is 3.14. The first-order valence-electron chi connectivity index (χ1n) is 4.99. The highest BCUT2D eigenvalue weighted by Gasteiger charge is 2.08. The van der Waals surface area contributed by atoms with Gasteiger partial charge in [-0.1, -0.05) is 12.1 Å². The Morgan fingerprint density at radius 2 is 2.19 bits per heavy atom. The summed E-state index contributed by atoms with van der Waals surface area (Å²) in [5.41, 5.74) is 6.49. The lowest BCUT2D eigenvalue weighted by Crippen LogP contribution is -2.08. The van der Waals surface area contributed by atoms with Crippen LogP contribution in [-0.2, 0) is 17.6 Å². The van der Waals surface area contributed by atoms with Crippen LogP contribution in [0.1, 0.15) is 10.4 Å². The maximum atomic E-state index is 11.8. The normalized spacial score (nSPS) is 10.2. The van der Waals surface area contributed by atoms with Crippen molar-refractivity contribution in [1.82, 2.24) is 4.98 Å². The van der Waals surface area contributed by atoms with Crippen molar-refractivity contribution in [3.05, 3.63) is 46.3 Å². The maximum absolute atomic E-state index is 11.8. The van der Waals surface area contributed by atoms with E-state index in [-0.39, 0.29) is 5.78 Å². The third-order valence-electron chi connectivity index (χ3n) is 2.27. The molecule has 0 radical (unpaired) electrons. The van der Waals surface area contributed by atoms with E-state index in [1.165, 1.54) is 0 Å². The van der Waals surface area contributed by atoms with E-state index in [0.717, 1.165) is 10.4 Å². The fourth-order valence-corrected chi connectivity index (χ4v) is 2.22. The molecular formula is C12H12N2OS. The second-order valence-electron chi connectivity index (χ2n) is 3.52. The van der Waals surface area contributed by atoms with Gasteiger partial charge < -0.3 is 5.73 Å². The van der Waals surface area contributed by atoms with Crippen LogP contribution in [0.3, 0.4) is 0 Å². The minimum atomic E-state index is 0.169. The summed E-state index contributed by atoms with van der Waals surface area (Å²) in [7, 11) is 0. The summed E-state index contributed by atoms with van der Waals surface area (Å²) in [5.74, 6) is 0.615. The lowest BCUT2D eigenvalue weighted by Gasteiger charge is -2.02. The molecule has 0 aliphatic carbocycles. The number of thiophene rings is 1. The molecule has 0 saturated heterocycles. The van der Waals surface area contributed by atoms with E-state index in [2.05, 4.69) is 4.98 Å². The molecule has 0 saturated carbocycles. The SMILES string of the molecule is Nc1ncccc1CC(=O)Cc1cccs1. The van der Waals surface area contributed by atoms with Crippen LogP contribution < -0.4 is 5.73 Å². The van der Waals surface area contributed by atoms with Crippen molar-refractivity contribution in [1.29, 1.82) is 0 Å². The smallest absolute Gasteiger partial charge is 0.142 e. The Labute approximate surface area is 97.9 Å². The molecule has 82 valence electrons. The van der Waals surface area contributed by atoms with Crippen molar-refractivity contribution in [3.63, 3.8) is 0 Å². The van der Waals surface area contributed by atoms with Gasteiger partial charge in [-0.15, -0.1) is 11.3 Å². The maximum Gasteiger partial charge on any atom is 0.142 e. The number of nitrogens with zero attached hydrogens (tertiary/aromatic N) is 1. The van der Waals surface area contributed by atoms with Crippen molar-refractivity contribution in [3.8, 4) is 0 Å². The Morgan fingerprint density at radius 1 is 1.31 bits per heavy atom. The summed E-state index contributed by atoms with van der Waals surface area (Å²) in [6.07, 6.45) is 2.46. The lowest BCUT2D eigenvalue weighted by atomic mass is 10.1. The summed E-state index contributed by atoms with van der Waals surface area (Å²) >= 11 is 1.60. The van der Waals surface area contributed by atoms with Crippen molar-refractivity contribution in [2.75, 3.05) is 5.73 Å². The summed E-state index contributed by atoms with van der Waals surface area (Å²) < 4.78 is 0. The van der Waals surface area contributed by atoms with E-state index in [4.69, 9.17) is 5.73 Å². The minimum Gasteiger partial charge on any atom is -0.383 e. The van der Waals surface area contributed by atoms with Gasteiger partial charge in [-0.3, -0.25) is 4.79 Å². The van der Waals surface area contributed by atoms with Crippen LogP contribution in [0, 0.1) is 0 Å². The minimum absolute atomic E-state index is 0.169. The number of pyridine rings is 1. The summed E-state index contributed by atoms with van der Waals surface area (Å²) in [4.78, 5) is 16.8. The number of aromatic nitrogens is 1. The molecule has 4 heteroatoms. The van der Waals surface area contributed by atoms with Gasteiger partial charge in [0.1, 0.15) is 11.6 Å². The van der Waals surface area contributed by atoms with Gasteiger partial charge in [0, 0.05) is 29.5 Å². The van der Waals surface area contributed by atoms with Crippen LogP contribution >= 0.6 is 11.3 Å². The van der Waals surface area contributed by atoms with Gasteiger partial charge >= 0.3 is 0 Å². The highest BCUT2D eigenvalue weighted by atomic mass is 32.1. The molecule has 0 unspecified atom stereocenters. The number of anilines is 1. The van der Waals surface area contributed by atoms with Gasteiger partial charge in [0.2, 0.25) is 0 Å². The van der Waals surface area contributed by atoms with E-state index < -0.39 is 0 Å². The van der Waals surface area contributed by atoms with Crippen molar-refractivity contribution < 1.29 is 4.79 Å². The highest BCUT2D eigenvalue weighted by Crippen LogP contribution is 2.13. The molecule has 2 aromatic rings. The molecule has 0 atom stereocenters. The monoisotopic (exact) mass is 232 g/mol. The van der Waals surface area contributed by atoms with E-state index in [0.29, 0.717) is 18.7 Å². The van der Waals surface area contributed by atoms with Crippen LogP contribution in [0.2, 0.25) is 0 Å². The first kappa shape index (κ1) is 10.8. The second-order valence-corrected chi connectivity index (χ2v) is 4.55. The standard InChI is InChI=1S/C12H12N2OS/c13-12-9(3-1-5-14-12)7-10(15)8-11-4-2-6-16-11/h1-6H,7-8H2,(H2,13,14). The van der Waals surface area contributed by atoms with Crippen LogP contribution in [-0.4, -0.2) is 10.8 Å². The second kappa shape index (κ2) is 4.90. The Morgan fingerprint density at radius 3 is 2.88 bits per heavy atom. The number of hydrogen-bond acceptors (Lipinski definition) is 4. The number of nitrogens with two attached hydrogens (primary N) is 1. The average molecular weight is 232 g/mol. The Bertz CT molecular complexity index is 480. The van der Waals surface area contributed by atoms with Crippen molar-refractivity contribution in [2.24, 2.45) is 0 Å². The van der Waals surface area contributed by atoms with Gasteiger partial charge in [0.15, 0.2) is 0 Å². The summed E-state index contributed by atoms with van der Waals surface area (Å²) in [6.45, 7) is 0. The van der Waals surface area contributed by atoms with E-state index in [1.807, 2.05) is 23.6 Å². The van der Waals surface area contributed by atoms with Crippen molar-refractivity contribution >= 4 is 22.9 Å². The van der Waals surface area contributed by atoms with Gasteiger partial charge in [-0.25, -0.2) is 4.98 Å². The van der Waals surface area contributed by atoms with Crippen molar-refractivity contribution in [2.45, 2.75) is 12.8 Å². The van der Waals surface area contributed by atoms with Crippen LogP contribution in [0.5, 0.6) is 0 Å². The first-order chi connectivity index (χ1) is 7.75. The molecule has 16 heavy (non-hydrogen) atoms. The highest BCUT2D eigenvalue weighted by molar-refractivity contribution is 7.10. The third kappa shape index (κ3) is 2.67. The summed E-state index contributed by atoms with van der Waals surface area (Å²) in [5, 5.41) is 1.97. The zero-order valence-corrected chi connectivity index (χ0v) is 9.54. The fraction of sp³-hybridized carbons (Fsp3) is 0.167. The number of hydrogen-bond donors (Lipinski definition) is 1. The first-order valence-corrected chi connectivity index (χ1v) is 5.87. The molecule has 2 N–H and O–H groups in total. The molecule has 0 spiro atoms. The largest absolute Gasteiger partial charge is 0.383 e. The quantitative estimate of drug-likeness (QED) is 0.878. The zero-order chi connectivity index (χ0) is 11.4. The Hall–Kier alpha value is -1.68. The number of carbonyl (C=O) groups excluding carboxylic acids is 1. The number of ketones is 1. The molecule has 2 rings (SSSR count). The molecule has 2 aromatic heterocycles. The molecule has 0 bridgehead atoms. The predicted molar refractivity (Wildman–Crippen MR) is 65.4 cm³/mol. The summed E-state index contributed by atoms with van der Waals surface area (Å²) in [6, 6.07) is 7.56. The molecule has 0 aliphatic rings. The van der Waals surface area contributed by atoms with Crippen LogP contribution in [0.25, 0.3) is 0 Å². The molecular weight excluding hydrogens is 220 g/mol. The zero-order valence-electron chi connectivity index (χ0n) is 8.72. The van der Waals surface area contributed by atoms with E-state index in [9.17, 15) is 4.79 Å². The molecule has 0 aliphatic heterocycles. The molecule has 0 aromatic carbocycles. The molecule has 3 nitrogen and oxygen atoms in total. The number of nitrogen functional groups attached to an aromatic ring is 1. The molecule has 0 fully saturated rings. The Kier molecular flexibility index (Phi) is 3.31. The molecule has 2 heterocycles. The van der Waals surface area contributed by atoms with Gasteiger partial charge in [0.25, 0.3) is 0 Å². The van der Waals surface area contributed by atoms with Crippen LogP contribution in [0.4, 0.5) is 5.82 Å². The van der Waals surface area contributed by atoms with Gasteiger partial charge in [0.05, 0.1) is 0 Å². The Balaban J connectivity index is 2.00. The van der Waals surface area contributed by atoms with Gasteiger partial charge in [-0.05, 0) is 17.5 Å². The average Bonchev–Trinajstić information content (AvgIpc) is 2.74. The van der Waals surface area contributed by atoms with E-state index >= 15 is 0 Å². The predicted octanol–water partition coefficient (Wildman–Crippen LogP) is 2.08.